The summed E-state index contributed by atoms with van der Waals surface area (Å²) in [6, 6.07) is 4.88. The van der Waals surface area contributed by atoms with Crippen LogP contribution in [0.5, 0.6) is 0 Å². The van der Waals surface area contributed by atoms with Gasteiger partial charge in [-0.25, -0.2) is 0 Å². The van der Waals surface area contributed by atoms with Crippen molar-refractivity contribution < 1.29 is 13.2 Å². The molecule has 2 N–H and O–H groups in total. The molecule has 1 nitrogen and oxygen atoms in total. The number of nitrogens with two attached hydrogens (primary N) is 1. The van der Waals surface area contributed by atoms with Gasteiger partial charge in [0.05, 0.1) is 5.56 Å². The fourth-order valence-electron chi connectivity index (χ4n) is 1.45. The molecule has 0 saturated heterocycles. The fourth-order valence-corrected chi connectivity index (χ4v) is 2.50. The van der Waals surface area contributed by atoms with Gasteiger partial charge >= 0.3 is 6.18 Å². The molecule has 0 amide bonds. The maximum absolute atomic E-state index is 12.4. The maximum Gasteiger partial charge on any atom is 0.416 e. The summed E-state index contributed by atoms with van der Waals surface area (Å²) < 4.78 is 37.1. The molecule has 1 aromatic rings. The second-order valence-corrected chi connectivity index (χ2v) is 5.73. The van der Waals surface area contributed by atoms with E-state index in [9.17, 15) is 13.2 Å². The van der Waals surface area contributed by atoms with Crippen LogP contribution in [0, 0.1) is 5.92 Å². The molecular formula is C13H18F3NS. The molecule has 1 aromatic carbocycles. The Morgan fingerprint density at radius 2 is 1.67 bits per heavy atom. The Morgan fingerprint density at radius 3 is 2.11 bits per heavy atom. The molecule has 0 spiro atoms. The van der Waals surface area contributed by atoms with E-state index in [1.54, 1.807) is 11.8 Å². The fraction of sp³-hybridized carbons (Fsp3) is 0.538. The topological polar surface area (TPSA) is 26.0 Å². The Morgan fingerprint density at radius 1 is 1.11 bits per heavy atom. The molecule has 0 bridgehead atoms. The van der Waals surface area contributed by atoms with Gasteiger partial charge in [0.2, 0.25) is 0 Å². The Labute approximate surface area is 110 Å². The highest BCUT2D eigenvalue weighted by molar-refractivity contribution is 7.99. The van der Waals surface area contributed by atoms with E-state index in [-0.39, 0.29) is 6.04 Å². The van der Waals surface area contributed by atoms with Crippen molar-refractivity contribution in [2.24, 2.45) is 11.7 Å². The molecule has 0 saturated carbocycles. The predicted molar refractivity (Wildman–Crippen MR) is 70.5 cm³/mol. The standard InChI is InChI=1S/C13H18F3NS/c1-9(2)7-18-8-12(17)10-3-5-11(6-4-10)13(14,15)16/h3-6,9,12H,7-8,17H2,1-2H3. The largest absolute Gasteiger partial charge is 0.416 e. The Bertz CT molecular complexity index is 359. The van der Waals surface area contributed by atoms with Crippen molar-refractivity contribution in [2.45, 2.75) is 26.1 Å². The molecule has 0 aliphatic heterocycles. The SMILES string of the molecule is CC(C)CSCC(N)c1ccc(C(F)(F)F)cc1. The van der Waals surface area contributed by atoms with Crippen molar-refractivity contribution in [3.63, 3.8) is 0 Å². The zero-order valence-corrected chi connectivity index (χ0v) is 11.3. The number of halogens is 3. The lowest BCUT2D eigenvalue weighted by Gasteiger charge is -2.14. The molecule has 0 fully saturated rings. The number of benzene rings is 1. The molecule has 5 heteroatoms. The third kappa shape index (κ3) is 4.90. The zero-order valence-electron chi connectivity index (χ0n) is 10.5. The molecule has 0 heterocycles. The average molecular weight is 277 g/mol. The van der Waals surface area contributed by atoms with E-state index in [2.05, 4.69) is 13.8 Å². The first-order chi connectivity index (χ1) is 8.30. The van der Waals surface area contributed by atoms with Gasteiger partial charge < -0.3 is 5.73 Å². The first-order valence-corrected chi connectivity index (χ1v) is 6.96. The minimum atomic E-state index is -4.28. The van der Waals surface area contributed by atoms with Gasteiger partial charge in [0.1, 0.15) is 0 Å². The van der Waals surface area contributed by atoms with Crippen LogP contribution in [0.25, 0.3) is 0 Å². The Kier molecular flexibility index (Phi) is 5.53. The monoisotopic (exact) mass is 277 g/mol. The molecule has 0 radical (unpaired) electrons. The molecule has 0 aromatic heterocycles. The van der Waals surface area contributed by atoms with E-state index in [1.807, 2.05) is 0 Å². The summed E-state index contributed by atoms with van der Waals surface area (Å²) in [5.41, 5.74) is 6.06. The highest BCUT2D eigenvalue weighted by atomic mass is 32.2. The second-order valence-electron chi connectivity index (χ2n) is 4.66. The molecule has 102 valence electrons. The predicted octanol–water partition coefficient (Wildman–Crippen LogP) is 4.09. The van der Waals surface area contributed by atoms with Crippen LogP contribution in [0.15, 0.2) is 24.3 Å². The lowest BCUT2D eigenvalue weighted by Crippen LogP contribution is -2.14. The first-order valence-electron chi connectivity index (χ1n) is 5.81. The van der Waals surface area contributed by atoms with Gasteiger partial charge in [0.25, 0.3) is 0 Å². The van der Waals surface area contributed by atoms with E-state index in [1.165, 1.54) is 12.1 Å². The third-order valence-electron chi connectivity index (χ3n) is 2.41. The summed E-state index contributed by atoms with van der Waals surface area (Å²) in [4.78, 5) is 0. The Balaban J connectivity index is 2.56. The van der Waals surface area contributed by atoms with E-state index in [0.717, 1.165) is 29.2 Å². The summed E-state index contributed by atoms with van der Waals surface area (Å²) >= 11 is 1.73. The van der Waals surface area contributed by atoms with Gasteiger partial charge in [-0.05, 0) is 29.4 Å². The van der Waals surface area contributed by atoms with Gasteiger partial charge in [-0.3, -0.25) is 0 Å². The first kappa shape index (κ1) is 15.4. The van der Waals surface area contributed by atoms with Crippen LogP contribution in [-0.4, -0.2) is 11.5 Å². The Hall–Kier alpha value is -0.680. The molecule has 0 aliphatic rings. The van der Waals surface area contributed by atoms with E-state index in [4.69, 9.17) is 5.73 Å². The van der Waals surface area contributed by atoms with Gasteiger partial charge in [0, 0.05) is 11.8 Å². The van der Waals surface area contributed by atoms with Crippen LogP contribution in [-0.2, 0) is 6.18 Å². The number of thioether (sulfide) groups is 1. The number of rotatable bonds is 5. The number of hydrogen-bond acceptors (Lipinski definition) is 2. The molecule has 1 unspecified atom stereocenters. The third-order valence-corrected chi connectivity index (χ3v) is 3.91. The van der Waals surface area contributed by atoms with Crippen LogP contribution in [0.1, 0.15) is 31.0 Å². The molecule has 1 atom stereocenters. The van der Waals surface area contributed by atoms with Crippen LogP contribution >= 0.6 is 11.8 Å². The summed E-state index contributed by atoms with van der Waals surface area (Å²) in [5.74, 6) is 2.33. The smallest absolute Gasteiger partial charge is 0.323 e. The number of alkyl halides is 3. The van der Waals surface area contributed by atoms with Crippen LogP contribution < -0.4 is 5.73 Å². The minimum absolute atomic E-state index is 0.212. The van der Waals surface area contributed by atoms with Crippen molar-refractivity contribution in [1.82, 2.24) is 0 Å². The van der Waals surface area contributed by atoms with Crippen LogP contribution in [0.4, 0.5) is 13.2 Å². The molecule has 0 aliphatic carbocycles. The van der Waals surface area contributed by atoms with Gasteiger partial charge in [-0.2, -0.15) is 24.9 Å². The van der Waals surface area contributed by atoms with Crippen molar-refractivity contribution in [2.75, 3.05) is 11.5 Å². The van der Waals surface area contributed by atoms with Crippen LogP contribution in [0.2, 0.25) is 0 Å². The van der Waals surface area contributed by atoms with Crippen molar-refractivity contribution >= 4 is 11.8 Å². The lowest BCUT2D eigenvalue weighted by atomic mass is 10.1. The zero-order chi connectivity index (χ0) is 13.8. The van der Waals surface area contributed by atoms with Crippen molar-refractivity contribution in [1.29, 1.82) is 0 Å². The van der Waals surface area contributed by atoms with Gasteiger partial charge in [-0.1, -0.05) is 26.0 Å². The maximum atomic E-state index is 12.4. The van der Waals surface area contributed by atoms with Crippen molar-refractivity contribution in [3.05, 3.63) is 35.4 Å². The van der Waals surface area contributed by atoms with Gasteiger partial charge in [-0.15, -0.1) is 0 Å². The average Bonchev–Trinajstić information content (AvgIpc) is 2.27. The highest BCUT2D eigenvalue weighted by Crippen LogP contribution is 2.30. The highest BCUT2D eigenvalue weighted by Gasteiger charge is 2.30. The van der Waals surface area contributed by atoms with E-state index >= 15 is 0 Å². The summed E-state index contributed by atoms with van der Waals surface area (Å²) in [6.45, 7) is 4.24. The summed E-state index contributed by atoms with van der Waals surface area (Å²) in [5, 5.41) is 0. The lowest BCUT2D eigenvalue weighted by molar-refractivity contribution is -0.137. The minimum Gasteiger partial charge on any atom is -0.323 e. The quantitative estimate of drug-likeness (QED) is 0.877. The van der Waals surface area contributed by atoms with E-state index in [0.29, 0.717) is 5.92 Å². The normalized spacial score (nSPS) is 13.9. The summed E-state index contributed by atoms with van der Waals surface area (Å²) in [6.07, 6.45) is -4.28. The molecule has 18 heavy (non-hydrogen) atoms. The van der Waals surface area contributed by atoms with Gasteiger partial charge in [0.15, 0.2) is 0 Å². The molecular weight excluding hydrogens is 259 g/mol. The van der Waals surface area contributed by atoms with Crippen molar-refractivity contribution in [3.8, 4) is 0 Å². The van der Waals surface area contributed by atoms with E-state index < -0.39 is 11.7 Å². The molecule has 1 rings (SSSR count). The summed E-state index contributed by atoms with van der Waals surface area (Å²) in [7, 11) is 0. The second kappa shape index (κ2) is 6.48. The van der Waals surface area contributed by atoms with Crippen LogP contribution in [0.3, 0.4) is 0 Å². The number of hydrogen-bond donors (Lipinski definition) is 1.